The van der Waals surface area contributed by atoms with Crippen molar-refractivity contribution in [3.63, 3.8) is 0 Å². The van der Waals surface area contributed by atoms with Crippen LogP contribution in [0.2, 0.25) is 0 Å². The van der Waals surface area contributed by atoms with E-state index in [1.807, 2.05) is 0 Å². The number of rotatable bonds is 4. The van der Waals surface area contributed by atoms with E-state index in [2.05, 4.69) is 35.0 Å². The highest BCUT2D eigenvalue weighted by Crippen LogP contribution is 2.27. The van der Waals surface area contributed by atoms with Crippen molar-refractivity contribution in [1.29, 1.82) is 0 Å². The summed E-state index contributed by atoms with van der Waals surface area (Å²) in [5.41, 5.74) is 5.34. The van der Waals surface area contributed by atoms with Crippen molar-refractivity contribution in [2.75, 3.05) is 0 Å². The number of fused-ring (bicyclic) bond motifs is 1. The molecule has 1 aliphatic rings. The Morgan fingerprint density at radius 3 is 2.89 bits per heavy atom. The molecule has 0 aliphatic heterocycles. The van der Waals surface area contributed by atoms with Gasteiger partial charge in [0.15, 0.2) is 0 Å². The minimum absolute atomic E-state index is 0.323. The molecule has 1 aromatic carbocycles. The van der Waals surface area contributed by atoms with Gasteiger partial charge in [-0.1, -0.05) is 18.2 Å². The van der Waals surface area contributed by atoms with Gasteiger partial charge in [-0.15, -0.1) is 0 Å². The molecule has 2 heteroatoms. The summed E-state index contributed by atoms with van der Waals surface area (Å²) in [5.74, 6) is 0. The lowest BCUT2D eigenvalue weighted by Gasteiger charge is -2.12. The van der Waals surface area contributed by atoms with E-state index in [1.54, 1.807) is 11.3 Å². The van der Waals surface area contributed by atoms with Gasteiger partial charge >= 0.3 is 0 Å². The van der Waals surface area contributed by atoms with Crippen LogP contribution in [0.5, 0.6) is 0 Å². The number of thiophene rings is 1. The first-order chi connectivity index (χ1) is 8.83. The van der Waals surface area contributed by atoms with E-state index in [0.717, 1.165) is 18.4 Å². The molecule has 1 N–H and O–H groups in total. The van der Waals surface area contributed by atoms with E-state index in [4.69, 9.17) is 0 Å². The Labute approximate surface area is 112 Å². The van der Waals surface area contributed by atoms with Crippen LogP contribution in [0.25, 0.3) is 0 Å². The summed E-state index contributed by atoms with van der Waals surface area (Å²) < 4.78 is 0. The van der Waals surface area contributed by atoms with Crippen LogP contribution in [0.4, 0.5) is 0 Å². The molecule has 1 atom stereocenters. The van der Waals surface area contributed by atoms with Crippen molar-refractivity contribution < 1.29 is 5.11 Å². The average molecular weight is 258 g/mol. The maximum Gasteiger partial charge on any atom is 0.0793 e. The Hall–Kier alpha value is -1.12. The maximum atomic E-state index is 10.3. The fourth-order valence-corrected chi connectivity index (χ4v) is 3.41. The second-order valence-corrected chi connectivity index (χ2v) is 5.85. The van der Waals surface area contributed by atoms with E-state index in [-0.39, 0.29) is 6.10 Å². The fraction of sp³-hybridized carbons (Fsp3) is 0.375. The van der Waals surface area contributed by atoms with E-state index in [1.165, 1.54) is 36.0 Å². The highest BCUT2D eigenvalue weighted by atomic mass is 32.1. The van der Waals surface area contributed by atoms with Gasteiger partial charge in [-0.25, -0.2) is 0 Å². The molecule has 1 aliphatic carbocycles. The number of hydrogen-bond acceptors (Lipinski definition) is 2. The summed E-state index contributed by atoms with van der Waals surface area (Å²) in [5, 5.41) is 14.5. The molecule has 0 radical (unpaired) electrons. The van der Waals surface area contributed by atoms with Crippen LogP contribution in [0.1, 0.15) is 41.2 Å². The SMILES string of the molecule is OC(CCc1ccsc1)c1ccc2c(c1)CCC2. The molecule has 1 heterocycles. The second-order valence-electron chi connectivity index (χ2n) is 5.07. The van der Waals surface area contributed by atoms with Gasteiger partial charge in [-0.05, 0) is 71.2 Å². The average Bonchev–Trinajstić information content (AvgIpc) is 3.05. The van der Waals surface area contributed by atoms with Gasteiger partial charge in [0.05, 0.1) is 6.10 Å². The van der Waals surface area contributed by atoms with Gasteiger partial charge in [0, 0.05) is 0 Å². The van der Waals surface area contributed by atoms with Crippen LogP contribution in [-0.2, 0) is 19.3 Å². The predicted molar refractivity (Wildman–Crippen MR) is 76.1 cm³/mol. The smallest absolute Gasteiger partial charge is 0.0793 e. The molecule has 0 spiro atoms. The van der Waals surface area contributed by atoms with Crippen molar-refractivity contribution in [2.24, 2.45) is 0 Å². The standard InChI is InChI=1S/C16H18OS/c17-16(7-4-12-8-9-18-11-12)15-6-5-13-2-1-3-14(13)10-15/h5-6,8-11,16-17H,1-4,7H2. The van der Waals surface area contributed by atoms with Crippen molar-refractivity contribution in [2.45, 2.75) is 38.2 Å². The minimum atomic E-state index is -0.323. The van der Waals surface area contributed by atoms with Crippen molar-refractivity contribution >= 4 is 11.3 Å². The Morgan fingerprint density at radius 1 is 1.17 bits per heavy atom. The maximum absolute atomic E-state index is 10.3. The fourth-order valence-electron chi connectivity index (χ4n) is 2.70. The van der Waals surface area contributed by atoms with Crippen molar-refractivity contribution in [3.8, 4) is 0 Å². The van der Waals surface area contributed by atoms with E-state index >= 15 is 0 Å². The van der Waals surface area contributed by atoms with Crippen LogP contribution >= 0.6 is 11.3 Å². The summed E-state index contributed by atoms with van der Waals surface area (Å²) in [6, 6.07) is 8.65. The van der Waals surface area contributed by atoms with Gasteiger partial charge < -0.3 is 5.11 Å². The molecule has 2 aromatic rings. The third kappa shape index (κ3) is 2.50. The number of hydrogen-bond donors (Lipinski definition) is 1. The normalized spacial score (nSPS) is 15.6. The molecule has 0 amide bonds. The van der Waals surface area contributed by atoms with E-state index in [0.29, 0.717) is 0 Å². The predicted octanol–water partition coefficient (Wildman–Crippen LogP) is 3.90. The molecular weight excluding hydrogens is 240 g/mol. The first-order valence-corrected chi connectivity index (χ1v) is 7.58. The largest absolute Gasteiger partial charge is 0.388 e. The quantitative estimate of drug-likeness (QED) is 0.881. The zero-order valence-corrected chi connectivity index (χ0v) is 11.2. The van der Waals surface area contributed by atoms with Crippen LogP contribution in [0, 0.1) is 0 Å². The van der Waals surface area contributed by atoms with Gasteiger partial charge in [-0.3, -0.25) is 0 Å². The molecule has 0 fully saturated rings. The van der Waals surface area contributed by atoms with Crippen molar-refractivity contribution in [3.05, 3.63) is 57.3 Å². The minimum Gasteiger partial charge on any atom is -0.388 e. The number of benzene rings is 1. The summed E-state index contributed by atoms with van der Waals surface area (Å²) in [6.45, 7) is 0. The number of aryl methyl sites for hydroxylation is 3. The molecule has 0 saturated carbocycles. The summed E-state index contributed by atoms with van der Waals surface area (Å²) in [6.07, 6.45) is 5.11. The van der Waals surface area contributed by atoms with Gasteiger partial charge in [0.2, 0.25) is 0 Å². The molecule has 1 unspecified atom stereocenters. The van der Waals surface area contributed by atoms with Gasteiger partial charge in [-0.2, -0.15) is 11.3 Å². The Morgan fingerprint density at radius 2 is 2.06 bits per heavy atom. The first-order valence-electron chi connectivity index (χ1n) is 6.64. The molecule has 18 heavy (non-hydrogen) atoms. The van der Waals surface area contributed by atoms with Crippen molar-refractivity contribution in [1.82, 2.24) is 0 Å². The van der Waals surface area contributed by atoms with Crippen LogP contribution in [0.15, 0.2) is 35.0 Å². The lowest BCUT2D eigenvalue weighted by atomic mass is 9.99. The summed E-state index contributed by atoms with van der Waals surface area (Å²) >= 11 is 1.72. The third-order valence-electron chi connectivity index (χ3n) is 3.79. The van der Waals surface area contributed by atoms with E-state index < -0.39 is 0 Å². The number of aliphatic hydroxyl groups is 1. The highest BCUT2D eigenvalue weighted by Gasteiger charge is 2.14. The topological polar surface area (TPSA) is 20.2 Å². The zero-order chi connectivity index (χ0) is 12.4. The molecule has 0 saturated heterocycles. The Balaban J connectivity index is 1.67. The zero-order valence-electron chi connectivity index (χ0n) is 10.4. The Bertz CT molecular complexity index is 516. The summed E-state index contributed by atoms with van der Waals surface area (Å²) in [4.78, 5) is 0. The summed E-state index contributed by atoms with van der Waals surface area (Å²) in [7, 11) is 0. The number of aliphatic hydroxyl groups excluding tert-OH is 1. The van der Waals surface area contributed by atoms with Gasteiger partial charge in [0.25, 0.3) is 0 Å². The van der Waals surface area contributed by atoms with Crippen LogP contribution in [-0.4, -0.2) is 5.11 Å². The lowest BCUT2D eigenvalue weighted by molar-refractivity contribution is 0.168. The molecule has 1 nitrogen and oxygen atoms in total. The third-order valence-corrected chi connectivity index (χ3v) is 4.53. The molecule has 1 aromatic heterocycles. The van der Waals surface area contributed by atoms with Crippen LogP contribution < -0.4 is 0 Å². The molecule has 94 valence electrons. The van der Waals surface area contributed by atoms with Crippen LogP contribution in [0.3, 0.4) is 0 Å². The second kappa shape index (κ2) is 5.25. The molecular formula is C16H18OS. The first kappa shape index (κ1) is 11.9. The lowest BCUT2D eigenvalue weighted by Crippen LogP contribution is -2.00. The monoisotopic (exact) mass is 258 g/mol. The van der Waals surface area contributed by atoms with Gasteiger partial charge in [0.1, 0.15) is 0 Å². The Kier molecular flexibility index (Phi) is 3.48. The molecule has 0 bridgehead atoms. The molecule has 3 rings (SSSR count). The highest BCUT2D eigenvalue weighted by molar-refractivity contribution is 7.07. The van der Waals surface area contributed by atoms with E-state index in [9.17, 15) is 5.11 Å².